The molecule has 0 unspecified atom stereocenters. The molecule has 1 spiro atoms. The third-order valence-corrected chi connectivity index (χ3v) is 2.90. The molecule has 1 aliphatic heterocycles. The van der Waals surface area contributed by atoms with Crippen molar-refractivity contribution in [3.63, 3.8) is 0 Å². The molecule has 1 saturated heterocycles. The van der Waals surface area contributed by atoms with Gasteiger partial charge in [-0.3, -0.25) is 0 Å². The van der Waals surface area contributed by atoms with E-state index in [1.54, 1.807) is 0 Å². The van der Waals surface area contributed by atoms with Gasteiger partial charge < -0.3 is 5.32 Å². The van der Waals surface area contributed by atoms with Gasteiger partial charge >= 0.3 is 0 Å². The van der Waals surface area contributed by atoms with Crippen LogP contribution in [0.2, 0.25) is 0 Å². The van der Waals surface area contributed by atoms with Crippen LogP contribution in [-0.2, 0) is 0 Å². The maximum atomic E-state index is 3.62. The van der Waals surface area contributed by atoms with Crippen molar-refractivity contribution in [2.45, 2.75) is 44.1 Å². The van der Waals surface area contributed by atoms with E-state index in [9.17, 15) is 0 Å². The Hall–Kier alpha value is -0.0400. The Balaban J connectivity index is 1.98. The summed E-state index contributed by atoms with van der Waals surface area (Å²) in [5, 5.41) is 3.62. The molecule has 0 amide bonds. The van der Waals surface area contributed by atoms with Crippen molar-refractivity contribution in [2.24, 2.45) is 0 Å². The molecule has 2 rings (SSSR count). The molecule has 0 bridgehead atoms. The summed E-state index contributed by atoms with van der Waals surface area (Å²) < 4.78 is 0. The lowest BCUT2D eigenvalue weighted by Crippen LogP contribution is -2.41. The van der Waals surface area contributed by atoms with Gasteiger partial charge in [0, 0.05) is 5.54 Å². The van der Waals surface area contributed by atoms with Crippen LogP contribution in [0.15, 0.2) is 0 Å². The van der Waals surface area contributed by atoms with E-state index in [2.05, 4.69) is 11.7 Å². The zero-order valence-electron chi connectivity index (χ0n) is 6.53. The highest BCUT2D eigenvalue weighted by Crippen LogP contribution is 2.33. The minimum Gasteiger partial charge on any atom is -0.311 e. The molecule has 1 radical (unpaired) electrons. The van der Waals surface area contributed by atoms with Gasteiger partial charge in [0.1, 0.15) is 0 Å². The van der Waals surface area contributed by atoms with E-state index in [0.29, 0.717) is 5.54 Å². The minimum atomic E-state index is 0.498. The van der Waals surface area contributed by atoms with Gasteiger partial charge in [-0.25, -0.2) is 0 Å². The van der Waals surface area contributed by atoms with Gasteiger partial charge in [-0.2, -0.15) is 0 Å². The molecule has 0 aromatic heterocycles. The second-order valence-electron chi connectivity index (χ2n) is 3.64. The van der Waals surface area contributed by atoms with Gasteiger partial charge in [-0.1, -0.05) is 19.3 Å². The zero-order valence-corrected chi connectivity index (χ0v) is 6.53. The molecular formula is C9H16N. The quantitative estimate of drug-likeness (QED) is 0.539. The van der Waals surface area contributed by atoms with Crippen LogP contribution in [-0.4, -0.2) is 12.1 Å². The lowest BCUT2D eigenvalue weighted by atomic mass is 9.81. The molecule has 0 aromatic carbocycles. The Morgan fingerprint density at radius 3 is 2.50 bits per heavy atom. The Morgan fingerprint density at radius 1 is 1.10 bits per heavy atom. The van der Waals surface area contributed by atoms with Gasteiger partial charge in [0.25, 0.3) is 0 Å². The van der Waals surface area contributed by atoms with E-state index in [1.165, 1.54) is 45.1 Å². The van der Waals surface area contributed by atoms with Gasteiger partial charge in [-0.05, 0) is 32.2 Å². The highest BCUT2D eigenvalue weighted by atomic mass is 15.0. The lowest BCUT2D eigenvalue weighted by molar-refractivity contribution is 0.304. The van der Waals surface area contributed by atoms with Gasteiger partial charge in [0.2, 0.25) is 0 Å². The van der Waals surface area contributed by atoms with Crippen LogP contribution in [0.25, 0.3) is 0 Å². The Bertz CT molecular complexity index is 106. The minimum absolute atomic E-state index is 0.498. The summed E-state index contributed by atoms with van der Waals surface area (Å²) in [6.45, 7) is 1.22. The summed E-state index contributed by atoms with van der Waals surface area (Å²) in [4.78, 5) is 0. The fourth-order valence-corrected chi connectivity index (χ4v) is 2.31. The van der Waals surface area contributed by atoms with Crippen LogP contribution in [0.5, 0.6) is 0 Å². The van der Waals surface area contributed by atoms with Crippen LogP contribution in [0.1, 0.15) is 38.5 Å². The van der Waals surface area contributed by atoms with Crippen molar-refractivity contribution in [3.8, 4) is 0 Å². The SMILES string of the molecule is [CH]1CCNC12CCCCC2. The molecule has 0 atom stereocenters. The molecule has 2 aliphatic rings. The Kier molecular flexibility index (Phi) is 1.69. The van der Waals surface area contributed by atoms with Crippen LogP contribution < -0.4 is 5.32 Å². The molecule has 10 heavy (non-hydrogen) atoms. The summed E-state index contributed by atoms with van der Waals surface area (Å²) in [5.41, 5.74) is 0.498. The van der Waals surface area contributed by atoms with E-state index >= 15 is 0 Å². The highest BCUT2D eigenvalue weighted by molar-refractivity contribution is 5.06. The summed E-state index contributed by atoms with van der Waals surface area (Å²) in [5.74, 6) is 0. The van der Waals surface area contributed by atoms with E-state index in [4.69, 9.17) is 0 Å². The molecule has 0 aromatic rings. The van der Waals surface area contributed by atoms with E-state index in [-0.39, 0.29) is 0 Å². The van der Waals surface area contributed by atoms with Crippen LogP contribution in [0, 0.1) is 6.42 Å². The molecular weight excluding hydrogens is 122 g/mol. The predicted molar refractivity (Wildman–Crippen MR) is 42.7 cm³/mol. The number of nitrogens with one attached hydrogen (secondary N) is 1. The average molecular weight is 138 g/mol. The molecule has 1 heteroatoms. The second-order valence-corrected chi connectivity index (χ2v) is 3.64. The number of hydrogen-bond acceptors (Lipinski definition) is 1. The predicted octanol–water partition coefficient (Wildman–Crippen LogP) is 1.89. The summed E-state index contributed by atoms with van der Waals surface area (Å²) in [6, 6.07) is 0. The van der Waals surface area contributed by atoms with Crippen LogP contribution >= 0.6 is 0 Å². The Labute approximate surface area is 63.2 Å². The van der Waals surface area contributed by atoms with E-state index in [0.717, 1.165) is 0 Å². The first-order valence-electron chi connectivity index (χ1n) is 4.51. The first-order valence-corrected chi connectivity index (χ1v) is 4.51. The van der Waals surface area contributed by atoms with Crippen molar-refractivity contribution in [3.05, 3.63) is 6.42 Å². The first kappa shape index (κ1) is 6.66. The van der Waals surface area contributed by atoms with Crippen LogP contribution in [0.4, 0.5) is 0 Å². The van der Waals surface area contributed by atoms with Crippen molar-refractivity contribution < 1.29 is 0 Å². The zero-order chi connectivity index (χ0) is 6.86. The van der Waals surface area contributed by atoms with E-state index < -0.39 is 0 Å². The third kappa shape index (κ3) is 1.07. The Morgan fingerprint density at radius 2 is 1.90 bits per heavy atom. The molecule has 1 nitrogen and oxygen atoms in total. The van der Waals surface area contributed by atoms with E-state index in [1.807, 2.05) is 0 Å². The molecule has 1 aliphatic carbocycles. The largest absolute Gasteiger partial charge is 0.311 e. The van der Waals surface area contributed by atoms with Crippen LogP contribution in [0.3, 0.4) is 0 Å². The van der Waals surface area contributed by atoms with Crippen molar-refractivity contribution in [1.82, 2.24) is 5.32 Å². The average Bonchev–Trinajstić information content (AvgIpc) is 2.39. The van der Waals surface area contributed by atoms with Crippen molar-refractivity contribution in [1.29, 1.82) is 0 Å². The third-order valence-electron chi connectivity index (χ3n) is 2.90. The maximum Gasteiger partial charge on any atom is 0.0213 e. The summed E-state index contributed by atoms with van der Waals surface area (Å²) in [6.07, 6.45) is 10.9. The molecule has 1 saturated carbocycles. The molecule has 57 valence electrons. The standard InChI is InChI=1S/C9H16N/c1-2-5-9(6-3-1)7-4-8-10-9/h7,10H,1-6,8H2. The number of rotatable bonds is 0. The maximum absolute atomic E-state index is 3.62. The lowest BCUT2D eigenvalue weighted by Gasteiger charge is -2.33. The molecule has 1 heterocycles. The fourth-order valence-electron chi connectivity index (χ4n) is 2.31. The monoisotopic (exact) mass is 138 g/mol. The van der Waals surface area contributed by atoms with Gasteiger partial charge in [0.15, 0.2) is 0 Å². The second kappa shape index (κ2) is 2.54. The normalized spacial score (nSPS) is 31.2. The molecule has 2 fully saturated rings. The summed E-state index contributed by atoms with van der Waals surface area (Å²) >= 11 is 0. The summed E-state index contributed by atoms with van der Waals surface area (Å²) in [7, 11) is 0. The fraction of sp³-hybridized carbons (Fsp3) is 0.889. The van der Waals surface area contributed by atoms with Crippen molar-refractivity contribution in [2.75, 3.05) is 6.54 Å². The first-order chi connectivity index (χ1) is 4.91. The van der Waals surface area contributed by atoms with Crippen molar-refractivity contribution >= 4 is 0 Å². The van der Waals surface area contributed by atoms with Gasteiger partial charge in [0.05, 0.1) is 0 Å². The molecule has 1 N–H and O–H groups in total. The topological polar surface area (TPSA) is 12.0 Å². The highest BCUT2D eigenvalue weighted by Gasteiger charge is 2.34. The smallest absolute Gasteiger partial charge is 0.0213 e. The van der Waals surface area contributed by atoms with Gasteiger partial charge in [-0.15, -0.1) is 0 Å². The number of hydrogen-bond donors (Lipinski definition) is 1.